The van der Waals surface area contributed by atoms with E-state index in [9.17, 15) is 45.0 Å². The maximum Gasteiger partial charge on any atom is 0.411 e. The average molecular weight is 1210 g/mol. The number of rotatable bonds is 17. The van der Waals surface area contributed by atoms with Crippen LogP contribution in [0.5, 0.6) is 17.2 Å². The predicted octanol–water partition coefficient (Wildman–Crippen LogP) is 2.43. The summed E-state index contributed by atoms with van der Waals surface area (Å²) >= 11 is 2.80. The van der Waals surface area contributed by atoms with Gasteiger partial charge in [0.1, 0.15) is 36.6 Å². The summed E-state index contributed by atoms with van der Waals surface area (Å²) < 4.78 is 52.4. The highest BCUT2D eigenvalue weighted by molar-refractivity contribution is 14.1. The molecular formula is C47H59IN2O19S4. The van der Waals surface area contributed by atoms with Crippen molar-refractivity contribution < 1.29 is 92.5 Å². The molecule has 6 rings (SSSR count). The van der Waals surface area contributed by atoms with Crippen LogP contribution in [0.4, 0.5) is 4.79 Å². The molecule has 2 aliphatic carbocycles. The Balaban J connectivity index is 1.14. The summed E-state index contributed by atoms with van der Waals surface area (Å²) in [5.41, 5.74) is 1.06. The quantitative estimate of drug-likeness (QED) is 0.0365. The number of methoxy groups -OCH3 is 4. The molecule has 1 aromatic carbocycles. The standard InChI is InChI=1S/C47H59IN2O19S4/c1-20-29(38(60-5)41(62-7)39(31(20)48)68-45-37(56)40(61-6)34(53)22(3)66-45)43(57)72-42-23(4)64-28(18-25(42)51)69-50-32-21(2)65-44(36(55)35(32)54)67-27-14-12-10-11-13-16-47(59)19-26(52)33(49-46(58)63-8)30(27)24(47)15-17-71-73-70-9/h10-11,15,21-23,25,27-28,32,34-37,40,42,44-45,50-51,53-56,59H,17-19H2,1-9H3,(H,49,58)/b11-10-,24-15-/t21?,22?,23?,25?,27?,28?,32?,34?,35?,36?,37?,40?,42?,44?,45?,47-/m0/s1. The highest BCUT2D eigenvalue weighted by Gasteiger charge is 2.50. The molecule has 3 fully saturated rings. The van der Waals surface area contributed by atoms with E-state index in [0.29, 0.717) is 14.9 Å². The van der Waals surface area contributed by atoms with Gasteiger partial charge in [0.25, 0.3) is 0 Å². The SMILES string of the molecule is COC(=O)NC1=C2/C(=C/CSSSC)[C@](O)(C#C/C=C\C#CC2OC2OC(C)C(NOC3CC(O)C(SC(=O)c4c(C)c(I)c(OC5OC(C)C(O)C(OC)C5O)c(OC)c4OC)C(C)O3)C(O)C2O)CC1=O. The lowest BCUT2D eigenvalue weighted by molar-refractivity contribution is -0.301. The maximum atomic E-state index is 14.2. The van der Waals surface area contributed by atoms with E-state index in [-0.39, 0.29) is 46.1 Å². The van der Waals surface area contributed by atoms with Crippen molar-refractivity contribution >= 4 is 82.8 Å². The first-order valence-corrected chi connectivity index (χ1v) is 28.6. The molecule has 0 saturated carbocycles. The molecule has 5 aliphatic rings. The van der Waals surface area contributed by atoms with Crippen LogP contribution in [0.15, 0.2) is 35.1 Å². The van der Waals surface area contributed by atoms with Crippen molar-refractivity contribution in [3.63, 3.8) is 0 Å². The molecule has 16 atom stereocenters. The fourth-order valence-corrected chi connectivity index (χ4v) is 12.8. The van der Waals surface area contributed by atoms with E-state index in [4.69, 9.17) is 47.5 Å². The molecule has 1 aromatic rings. The first-order chi connectivity index (χ1) is 34.7. The minimum Gasteiger partial charge on any atom is -0.492 e. The van der Waals surface area contributed by atoms with Crippen molar-refractivity contribution in [3.05, 3.63) is 49.8 Å². The number of hydroxylamine groups is 1. The fraction of sp³-hybridized carbons (Fsp3) is 0.596. The zero-order valence-corrected chi connectivity index (χ0v) is 46.4. The van der Waals surface area contributed by atoms with Crippen molar-refractivity contribution in [2.24, 2.45) is 0 Å². The highest BCUT2D eigenvalue weighted by Crippen LogP contribution is 2.49. The first-order valence-electron chi connectivity index (χ1n) is 22.6. The Labute approximate surface area is 451 Å². The van der Waals surface area contributed by atoms with E-state index in [2.05, 4.69) is 34.5 Å². The largest absolute Gasteiger partial charge is 0.492 e. The van der Waals surface area contributed by atoms with Gasteiger partial charge >= 0.3 is 6.09 Å². The number of carbonyl (C=O) groups excluding carboxylic acids is 3. The first kappa shape index (κ1) is 59.4. The molecular weight excluding hydrogens is 1150 g/mol. The van der Waals surface area contributed by atoms with Crippen LogP contribution < -0.4 is 25.0 Å². The van der Waals surface area contributed by atoms with Gasteiger partial charge in [0.15, 0.2) is 35.5 Å². The topological polar surface area (TPSA) is 289 Å². The third-order valence-corrected chi connectivity index (χ3v) is 18.8. The summed E-state index contributed by atoms with van der Waals surface area (Å²) in [6, 6.07) is -1.12. The van der Waals surface area contributed by atoms with Gasteiger partial charge in [-0.1, -0.05) is 63.1 Å². The molecule has 15 unspecified atom stereocenters. The molecule has 3 heterocycles. The van der Waals surface area contributed by atoms with Crippen LogP contribution in [0.2, 0.25) is 0 Å². The highest BCUT2D eigenvalue weighted by atomic mass is 127. The van der Waals surface area contributed by atoms with Crippen molar-refractivity contribution in [3.8, 4) is 40.9 Å². The van der Waals surface area contributed by atoms with Gasteiger partial charge < -0.3 is 73.3 Å². The van der Waals surface area contributed by atoms with E-state index in [1.807, 2.05) is 28.8 Å². The lowest BCUT2D eigenvalue weighted by Crippen LogP contribution is -2.63. The van der Waals surface area contributed by atoms with Crippen molar-refractivity contribution in [2.45, 2.75) is 137 Å². The summed E-state index contributed by atoms with van der Waals surface area (Å²) in [5.74, 6) is 10.9. The summed E-state index contributed by atoms with van der Waals surface area (Å²) in [4.78, 5) is 46.4. The van der Waals surface area contributed by atoms with E-state index in [1.165, 1.54) is 64.9 Å². The molecule has 0 spiro atoms. The van der Waals surface area contributed by atoms with Gasteiger partial charge in [-0.15, -0.1) is 0 Å². The smallest absolute Gasteiger partial charge is 0.411 e. The number of benzene rings is 1. The fourth-order valence-electron chi connectivity index (χ4n) is 8.64. The summed E-state index contributed by atoms with van der Waals surface area (Å²) in [6.07, 6.45) is -11.4. The molecule has 402 valence electrons. The minimum atomic E-state index is -2.03. The zero-order valence-electron chi connectivity index (χ0n) is 41.0. The van der Waals surface area contributed by atoms with Gasteiger partial charge in [-0.2, -0.15) is 5.48 Å². The van der Waals surface area contributed by atoms with Gasteiger partial charge in [-0.05, 0) is 84.1 Å². The number of thioether (sulfide) groups is 1. The number of aliphatic hydroxyl groups is 6. The Morgan fingerprint density at radius 2 is 1.62 bits per heavy atom. The van der Waals surface area contributed by atoms with Gasteiger partial charge in [0.05, 0.1) is 78.3 Å². The number of alkyl carbamates (subject to hydrolysis) is 1. The second-order valence-electron chi connectivity index (χ2n) is 17.0. The number of fused-ring (bicyclic) bond motifs is 2. The van der Waals surface area contributed by atoms with Crippen LogP contribution in [0, 0.1) is 34.2 Å². The minimum absolute atomic E-state index is 0.0254. The molecule has 8 N–H and O–H groups in total. The number of Topliss-reactive ketones (excluding diaryl/α,β-unsaturated/α-hetero) is 1. The Morgan fingerprint density at radius 1 is 0.918 bits per heavy atom. The van der Waals surface area contributed by atoms with Crippen molar-refractivity contribution in [1.29, 1.82) is 0 Å². The van der Waals surface area contributed by atoms with Gasteiger partial charge in [0, 0.05) is 30.4 Å². The normalized spacial score (nSPS) is 35.2. The third kappa shape index (κ3) is 13.3. The number of aliphatic hydroxyl groups excluding tert-OH is 5. The van der Waals surface area contributed by atoms with Gasteiger partial charge in [-0.25, -0.2) is 4.79 Å². The Bertz CT molecular complexity index is 2420. The second kappa shape index (κ2) is 26.5. The summed E-state index contributed by atoms with van der Waals surface area (Å²) in [6.45, 7) is 6.50. The van der Waals surface area contributed by atoms with Crippen molar-refractivity contribution in [1.82, 2.24) is 10.8 Å². The average Bonchev–Trinajstić information content (AvgIpc) is 3.35. The van der Waals surface area contributed by atoms with Gasteiger partial charge in [0.2, 0.25) is 17.2 Å². The molecule has 2 bridgehead atoms. The molecule has 3 saturated heterocycles. The Kier molecular flexibility index (Phi) is 21.6. The van der Waals surface area contributed by atoms with Crippen LogP contribution in [0.25, 0.3) is 0 Å². The number of ether oxygens (including phenoxy) is 9. The van der Waals surface area contributed by atoms with Gasteiger partial charge in [-0.3, -0.25) is 19.7 Å². The zero-order chi connectivity index (χ0) is 53.5. The number of allylic oxidation sites excluding steroid dienone is 3. The molecule has 0 aromatic heterocycles. The monoisotopic (exact) mass is 1210 g/mol. The lowest BCUT2D eigenvalue weighted by atomic mass is 9.75. The van der Waals surface area contributed by atoms with E-state index in [1.54, 1.807) is 33.8 Å². The number of ketones is 1. The number of amides is 1. The lowest BCUT2D eigenvalue weighted by Gasteiger charge is -2.44. The molecule has 73 heavy (non-hydrogen) atoms. The number of hydrogen-bond acceptors (Lipinski definition) is 24. The van der Waals surface area contributed by atoms with E-state index >= 15 is 0 Å². The van der Waals surface area contributed by atoms with E-state index < -0.39 is 120 Å². The second-order valence-corrected chi connectivity index (χ2v) is 23.6. The molecule has 0 radical (unpaired) electrons. The van der Waals surface area contributed by atoms with Crippen LogP contribution in [0.3, 0.4) is 0 Å². The van der Waals surface area contributed by atoms with E-state index in [0.717, 1.165) is 18.9 Å². The van der Waals surface area contributed by atoms with Crippen molar-refractivity contribution in [2.75, 3.05) is 40.4 Å². The Morgan fingerprint density at radius 3 is 2.27 bits per heavy atom. The maximum absolute atomic E-state index is 14.2. The van der Waals surface area contributed by atoms with Crippen LogP contribution in [-0.2, 0) is 38.1 Å². The van der Waals surface area contributed by atoms with Crippen LogP contribution in [-0.4, -0.2) is 185 Å². The van der Waals surface area contributed by atoms with Crippen LogP contribution >= 0.6 is 65.8 Å². The third-order valence-electron chi connectivity index (χ3n) is 12.4. The molecule has 21 nitrogen and oxygen atoms in total. The number of carbonyl (C=O) groups is 3. The summed E-state index contributed by atoms with van der Waals surface area (Å²) in [5, 5.41) is 69.0. The van der Waals surface area contributed by atoms with Crippen LogP contribution in [0.1, 0.15) is 49.5 Å². The number of halogens is 1. The molecule has 1 amide bonds. The predicted molar refractivity (Wildman–Crippen MR) is 278 cm³/mol. The molecule has 26 heteroatoms. The number of hydrogen-bond donors (Lipinski definition) is 8. The Hall–Kier alpha value is -2.82. The number of nitrogens with one attached hydrogen (secondary N) is 2. The molecule has 3 aliphatic heterocycles. The summed E-state index contributed by atoms with van der Waals surface area (Å²) in [7, 11) is 9.60.